The van der Waals surface area contributed by atoms with Crippen LogP contribution < -0.4 is 10.2 Å². The number of rotatable bonds is 4. The van der Waals surface area contributed by atoms with Crippen LogP contribution in [0.15, 0.2) is 30.5 Å². The van der Waals surface area contributed by atoms with Gasteiger partial charge in [-0.25, -0.2) is 0 Å². The molecule has 0 unspecified atom stereocenters. The SMILES string of the molecule is CC(C)c1ccccc1Nc1cnnc(N2CCC3(CC2)OCCO3)n1. The monoisotopic (exact) mass is 355 g/mol. The zero-order chi connectivity index (χ0) is 18.0. The smallest absolute Gasteiger partial charge is 0.247 e. The molecular weight excluding hydrogens is 330 g/mol. The van der Waals surface area contributed by atoms with E-state index in [-0.39, 0.29) is 0 Å². The van der Waals surface area contributed by atoms with E-state index < -0.39 is 5.79 Å². The minimum atomic E-state index is -0.393. The normalized spacial score (nSPS) is 19.3. The summed E-state index contributed by atoms with van der Waals surface area (Å²) in [6.45, 7) is 7.34. The molecule has 1 aromatic heterocycles. The quantitative estimate of drug-likeness (QED) is 0.903. The Morgan fingerprint density at radius 2 is 1.85 bits per heavy atom. The molecule has 2 fully saturated rings. The number of nitrogens with zero attached hydrogens (tertiary/aromatic N) is 4. The molecule has 0 saturated carbocycles. The van der Waals surface area contributed by atoms with E-state index in [4.69, 9.17) is 9.47 Å². The fourth-order valence-electron chi connectivity index (χ4n) is 3.57. The Bertz CT molecular complexity index is 751. The van der Waals surface area contributed by atoms with Crippen LogP contribution in [0.2, 0.25) is 0 Å². The van der Waals surface area contributed by atoms with Crippen molar-refractivity contribution >= 4 is 17.5 Å². The van der Waals surface area contributed by atoms with Gasteiger partial charge in [0.1, 0.15) is 0 Å². The van der Waals surface area contributed by atoms with Crippen molar-refractivity contribution < 1.29 is 9.47 Å². The van der Waals surface area contributed by atoms with Gasteiger partial charge < -0.3 is 19.7 Å². The summed E-state index contributed by atoms with van der Waals surface area (Å²) in [6, 6.07) is 8.28. The van der Waals surface area contributed by atoms with Crippen molar-refractivity contribution in [3.8, 4) is 0 Å². The van der Waals surface area contributed by atoms with Crippen molar-refractivity contribution in [1.82, 2.24) is 15.2 Å². The molecule has 1 spiro atoms. The highest BCUT2D eigenvalue weighted by atomic mass is 16.7. The summed E-state index contributed by atoms with van der Waals surface area (Å²) in [6.07, 6.45) is 3.31. The third kappa shape index (κ3) is 3.50. The van der Waals surface area contributed by atoms with E-state index in [2.05, 4.69) is 57.4 Å². The first-order chi connectivity index (χ1) is 12.7. The maximum Gasteiger partial charge on any atom is 0.247 e. The van der Waals surface area contributed by atoms with Crippen LogP contribution >= 0.6 is 0 Å². The molecule has 7 heteroatoms. The summed E-state index contributed by atoms with van der Waals surface area (Å²) in [7, 11) is 0. The van der Waals surface area contributed by atoms with E-state index in [1.165, 1.54) is 5.56 Å². The van der Waals surface area contributed by atoms with Gasteiger partial charge in [-0.15, -0.1) is 5.10 Å². The number of hydrogen-bond donors (Lipinski definition) is 1. The van der Waals surface area contributed by atoms with Gasteiger partial charge in [-0.2, -0.15) is 10.1 Å². The Hall–Kier alpha value is -2.25. The average Bonchev–Trinajstić information content (AvgIpc) is 3.11. The molecule has 26 heavy (non-hydrogen) atoms. The number of benzene rings is 1. The van der Waals surface area contributed by atoms with Crippen LogP contribution in [0.5, 0.6) is 0 Å². The van der Waals surface area contributed by atoms with Crippen LogP contribution in [-0.4, -0.2) is 47.3 Å². The number of ether oxygens (including phenoxy) is 2. The van der Waals surface area contributed by atoms with Crippen LogP contribution in [0, 0.1) is 0 Å². The molecule has 0 radical (unpaired) electrons. The zero-order valence-corrected chi connectivity index (χ0v) is 15.3. The lowest BCUT2D eigenvalue weighted by Gasteiger charge is -2.37. The van der Waals surface area contributed by atoms with Gasteiger partial charge in [0.2, 0.25) is 5.95 Å². The van der Waals surface area contributed by atoms with E-state index in [0.717, 1.165) is 31.6 Å². The maximum absolute atomic E-state index is 5.79. The number of para-hydroxylation sites is 1. The predicted octanol–water partition coefficient (Wildman–Crippen LogP) is 3.08. The number of hydrogen-bond acceptors (Lipinski definition) is 7. The van der Waals surface area contributed by atoms with Gasteiger partial charge in [-0.05, 0) is 17.5 Å². The van der Waals surface area contributed by atoms with Crippen LogP contribution in [0.1, 0.15) is 38.2 Å². The van der Waals surface area contributed by atoms with Crippen LogP contribution in [0.4, 0.5) is 17.5 Å². The molecule has 0 aliphatic carbocycles. The summed E-state index contributed by atoms with van der Waals surface area (Å²) in [5.74, 6) is 1.38. The second-order valence-corrected chi connectivity index (χ2v) is 7.10. The Balaban J connectivity index is 1.48. The maximum atomic E-state index is 5.79. The van der Waals surface area contributed by atoms with Gasteiger partial charge in [0.25, 0.3) is 0 Å². The van der Waals surface area contributed by atoms with Gasteiger partial charge in [0.05, 0.1) is 19.4 Å². The van der Waals surface area contributed by atoms with Crippen molar-refractivity contribution in [2.24, 2.45) is 0 Å². The van der Waals surface area contributed by atoms with E-state index in [0.29, 0.717) is 30.9 Å². The van der Waals surface area contributed by atoms with Crippen LogP contribution in [0.3, 0.4) is 0 Å². The first-order valence-electron chi connectivity index (χ1n) is 9.24. The predicted molar refractivity (Wildman–Crippen MR) is 99.7 cm³/mol. The largest absolute Gasteiger partial charge is 0.347 e. The van der Waals surface area contributed by atoms with Gasteiger partial charge in [0.15, 0.2) is 11.6 Å². The summed E-state index contributed by atoms with van der Waals surface area (Å²) in [5, 5.41) is 11.8. The van der Waals surface area contributed by atoms with Crippen molar-refractivity contribution in [2.45, 2.75) is 38.4 Å². The minimum Gasteiger partial charge on any atom is -0.347 e. The molecule has 0 amide bonds. The first kappa shape index (κ1) is 17.2. The summed E-state index contributed by atoms with van der Waals surface area (Å²) in [5.41, 5.74) is 2.31. The topological polar surface area (TPSA) is 72.4 Å². The molecule has 4 rings (SSSR count). The average molecular weight is 355 g/mol. The number of piperidine rings is 1. The standard InChI is InChI=1S/C19H25N5O2/c1-14(2)15-5-3-4-6-16(15)21-17-13-20-23-18(22-17)24-9-7-19(8-10-24)25-11-12-26-19/h3-6,13-14H,7-12H2,1-2H3,(H,21,22,23). The lowest BCUT2D eigenvalue weighted by atomic mass is 10.0. The highest BCUT2D eigenvalue weighted by Crippen LogP contribution is 2.32. The number of aromatic nitrogens is 3. The highest BCUT2D eigenvalue weighted by Gasteiger charge is 2.40. The number of nitrogens with one attached hydrogen (secondary N) is 1. The first-order valence-corrected chi connectivity index (χ1v) is 9.24. The molecule has 2 aliphatic rings. The van der Waals surface area contributed by atoms with Crippen LogP contribution in [0.25, 0.3) is 0 Å². The Labute approximate surface area is 153 Å². The molecule has 7 nitrogen and oxygen atoms in total. The van der Waals surface area contributed by atoms with E-state index >= 15 is 0 Å². The van der Waals surface area contributed by atoms with Gasteiger partial charge in [-0.1, -0.05) is 32.0 Å². The Kier molecular flexibility index (Phi) is 4.74. The highest BCUT2D eigenvalue weighted by molar-refractivity contribution is 5.61. The molecule has 0 atom stereocenters. The summed E-state index contributed by atoms with van der Waals surface area (Å²) < 4.78 is 11.6. The second kappa shape index (κ2) is 7.17. The summed E-state index contributed by atoms with van der Waals surface area (Å²) >= 11 is 0. The molecule has 2 saturated heterocycles. The zero-order valence-electron chi connectivity index (χ0n) is 15.3. The summed E-state index contributed by atoms with van der Waals surface area (Å²) in [4.78, 5) is 6.81. The van der Waals surface area contributed by atoms with Crippen molar-refractivity contribution in [3.05, 3.63) is 36.0 Å². The lowest BCUT2D eigenvalue weighted by Crippen LogP contribution is -2.45. The molecule has 138 valence electrons. The van der Waals surface area contributed by atoms with E-state index in [1.54, 1.807) is 6.20 Å². The van der Waals surface area contributed by atoms with E-state index in [9.17, 15) is 0 Å². The van der Waals surface area contributed by atoms with E-state index in [1.807, 2.05) is 6.07 Å². The third-order valence-corrected chi connectivity index (χ3v) is 5.01. The van der Waals surface area contributed by atoms with Gasteiger partial charge in [0, 0.05) is 31.6 Å². The van der Waals surface area contributed by atoms with Crippen molar-refractivity contribution in [2.75, 3.05) is 36.5 Å². The Morgan fingerprint density at radius 3 is 2.58 bits per heavy atom. The van der Waals surface area contributed by atoms with Gasteiger partial charge >= 0.3 is 0 Å². The van der Waals surface area contributed by atoms with Crippen molar-refractivity contribution in [1.29, 1.82) is 0 Å². The molecule has 2 aliphatic heterocycles. The fraction of sp³-hybridized carbons (Fsp3) is 0.526. The molecule has 1 aromatic carbocycles. The molecule has 2 aromatic rings. The molecule has 1 N–H and O–H groups in total. The number of anilines is 3. The molecule has 0 bridgehead atoms. The minimum absolute atomic E-state index is 0.393. The van der Waals surface area contributed by atoms with Crippen molar-refractivity contribution in [3.63, 3.8) is 0 Å². The second-order valence-electron chi connectivity index (χ2n) is 7.10. The molecular formula is C19H25N5O2. The third-order valence-electron chi connectivity index (χ3n) is 5.01. The lowest BCUT2D eigenvalue weighted by molar-refractivity contribution is -0.169. The van der Waals surface area contributed by atoms with Crippen LogP contribution in [-0.2, 0) is 9.47 Å². The van der Waals surface area contributed by atoms with Gasteiger partial charge in [-0.3, -0.25) is 0 Å². The Morgan fingerprint density at radius 1 is 1.12 bits per heavy atom. The fourth-order valence-corrected chi connectivity index (χ4v) is 3.57. The molecule has 3 heterocycles.